The second-order valence-corrected chi connectivity index (χ2v) is 8.34. The van der Waals surface area contributed by atoms with Crippen molar-refractivity contribution >= 4 is 6.08 Å². The zero-order chi connectivity index (χ0) is 22.7. The number of allylic oxidation sites excluding steroid dienone is 1. The minimum absolute atomic E-state index is 0.165. The molecule has 1 aliphatic heterocycles. The maximum absolute atomic E-state index is 10.1. The molecule has 0 radical (unpaired) electrons. The van der Waals surface area contributed by atoms with Gasteiger partial charge in [-0.1, -0.05) is 6.58 Å². The van der Waals surface area contributed by atoms with Crippen molar-refractivity contribution in [3.8, 4) is 23.0 Å². The van der Waals surface area contributed by atoms with Crippen molar-refractivity contribution in [3.63, 3.8) is 0 Å². The number of fused-ring (bicyclic) bond motifs is 2. The minimum atomic E-state index is 0.165. The van der Waals surface area contributed by atoms with Gasteiger partial charge in [0.05, 0.1) is 21.3 Å². The van der Waals surface area contributed by atoms with Crippen LogP contribution in [-0.4, -0.2) is 51.0 Å². The fourth-order valence-corrected chi connectivity index (χ4v) is 4.50. The van der Waals surface area contributed by atoms with Crippen LogP contribution in [0.25, 0.3) is 6.08 Å². The van der Waals surface area contributed by atoms with E-state index in [9.17, 15) is 5.11 Å². The molecule has 0 bridgehead atoms. The van der Waals surface area contributed by atoms with E-state index in [1.165, 1.54) is 11.1 Å². The number of rotatable bonds is 9. The van der Waals surface area contributed by atoms with E-state index in [1.807, 2.05) is 6.07 Å². The molecule has 1 atom stereocenters. The van der Waals surface area contributed by atoms with E-state index >= 15 is 0 Å². The summed E-state index contributed by atoms with van der Waals surface area (Å²) in [6.07, 6.45) is 6.93. The van der Waals surface area contributed by atoms with E-state index in [1.54, 1.807) is 27.4 Å². The number of phenolic OH excluding ortho intramolecular Hbond substituents is 1. The Bertz CT molecular complexity index is 1030. The van der Waals surface area contributed by atoms with Gasteiger partial charge < -0.3 is 29.5 Å². The number of phenols is 1. The van der Waals surface area contributed by atoms with Gasteiger partial charge >= 0.3 is 0 Å². The van der Waals surface area contributed by atoms with Gasteiger partial charge in [-0.15, -0.1) is 0 Å². The molecule has 4 rings (SSSR count). The molecule has 0 amide bonds. The molecule has 6 heteroatoms. The zero-order valence-corrected chi connectivity index (χ0v) is 19.1. The van der Waals surface area contributed by atoms with E-state index in [4.69, 9.17) is 14.2 Å². The van der Waals surface area contributed by atoms with Crippen LogP contribution in [0.15, 0.2) is 42.7 Å². The normalized spacial score (nSPS) is 16.7. The highest BCUT2D eigenvalue weighted by Crippen LogP contribution is 2.42. The molecule has 0 aromatic heterocycles. The van der Waals surface area contributed by atoms with Gasteiger partial charge in [0.2, 0.25) is 0 Å². The molecule has 2 aromatic carbocycles. The average Bonchev–Trinajstić information content (AvgIpc) is 2.93. The lowest BCUT2D eigenvalue weighted by Crippen LogP contribution is -2.31. The molecule has 2 N–H and O–H groups in total. The third-order valence-corrected chi connectivity index (χ3v) is 6.37. The molecule has 0 fully saturated rings. The number of hydrogen-bond donors (Lipinski definition) is 2. The lowest BCUT2D eigenvalue weighted by molar-refractivity contribution is 0.351. The summed E-state index contributed by atoms with van der Waals surface area (Å²) >= 11 is 0. The van der Waals surface area contributed by atoms with Crippen LogP contribution in [0, 0.1) is 0 Å². The molecule has 2 aliphatic rings. The lowest BCUT2D eigenvalue weighted by Gasteiger charge is -2.31. The Morgan fingerprint density at radius 2 is 1.78 bits per heavy atom. The maximum Gasteiger partial charge on any atom is 0.161 e. The van der Waals surface area contributed by atoms with Gasteiger partial charge in [-0.05, 0) is 72.0 Å². The van der Waals surface area contributed by atoms with Crippen molar-refractivity contribution in [2.45, 2.75) is 25.2 Å². The van der Waals surface area contributed by atoms with Gasteiger partial charge in [0.1, 0.15) is 0 Å². The van der Waals surface area contributed by atoms with Crippen LogP contribution in [-0.2, 0) is 12.8 Å². The molecule has 6 nitrogen and oxygen atoms in total. The van der Waals surface area contributed by atoms with Crippen LogP contribution in [0.4, 0.5) is 0 Å². The van der Waals surface area contributed by atoms with E-state index < -0.39 is 0 Å². The summed E-state index contributed by atoms with van der Waals surface area (Å²) in [6, 6.07) is 7.85. The van der Waals surface area contributed by atoms with Crippen molar-refractivity contribution in [1.29, 1.82) is 0 Å². The van der Waals surface area contributed by atoms with Crippen LogP contribution < -0.4 is 19.5 Å². The van der Waals surface area contributed by atoms with E-state index in [2.05, 4.69) is 41.2 Å². The zero-order valence-electron chi connectivity index (χ0n) is 19.1. The Balaban J connectivity index is 1.25. The van der Waals surface area contributed by atoms with Crippen molar-refractivity contribution in [2.24, 2.45) is 0 Å². The van der Waals surface area contributed by atoms with Gasteiger partial charge in [-0.2, -0.15) is 0 Å². The van der Waals surface area contributed by atoms with Gasteiger partial charge in [0, 0.05) is 37.3 Å². The first kappa shape index (κ1) is 22.1. The SMILES string of the molecule is C=C1Cc2cc(O)c(OC)cc2C=CN1CCCNC[C@H]1Cc2cc(OC)c(OC)cc21. The topological polar surface area (TPSA) is 63.2 Å². The molecular weight excluding hydrogens is 404 g/mol. The minimum Gasteiger partial charge on any atom is -0.504 e. The number of nitrogens with zero attached hydrogens (tertiary/aromatic N) is 1. The summed E-state index contributed by atoms with van der Waals surface area (Å²) in [5, 5.41) is 13.7. The molecule has 32 heavy (non-hydrogen) atoms. The summed E-state index contributed by atoms with van der Waals surface area (Å²) in [5.74, 6) is 2.78. The van der Waals surface area contributed by atoms with Crippen LogP contribution >= 0.6 is 0 Å². The van der Waals surface area contributed by atoms with Crippen molar-refractivity contribution in [2.75, 3.05) is 41.0 Å². The number of nitrogens with one attached hydrogen (secondary N) is 1. The number of benzene rings is 2. The third kappa shape index (κ3) is 4.41. The Hall–Kier alpha value is -3.12. The largest absolute Gasteiger partial charge is 0.504 e. The smallest absolute Gasteiger partial charge is 0.161 e. The molecule has 1 aliphatic carbocycles. The van der Waals surface area contributed by atoms with Crippen LogP contribution in [0.2, 0.25) is 0 Å². The van der Waals surface area contributed by atoms with Gasteiger partial charge in [-0.25, -0.2) is 0 Å². The first-order chi connectivity index (χ1) is 15.5. The Labute approximate surface area is 190 Å². The number of methoxy groups -OCH3 is 3. The lowest BCUT2D eigenvalue weighted by atomic mass is 9.77. The standard InChI is InChI=1S/C26H32N2O4/c1-17-10-19-12-23(29)24(30-2)13-18(19)6-9-28(17)8-5-7-27-16-21-11-20-14-25(31-3)26(32-4)15-22(20)21/h6,9,12-15,21,27,29H,1,5,7-8,10-11,16H2,2-4H3/t21-/m1/s1. The molecule has 0 saturated heterocycles. The molecule has 2 aromatic rings. The Morgan fingerprint density at radius 3 is 2.53 bits per heavy atom. The van der Waals surface area contributed by atoms with E-state index in [-0.39, 0.29) is 5.75 Å². The highest BCUT2D eigenvalue weighted by atomic mass is 16.5. The Morgan fingerprint density at radius 1 is 1.03 bits per heavy atom. The second-order valence-electron chi connectivity index (χ2n) is 8.34. The van der Waals surface area contributed by atoms with Crippen LogP contribution in [0.5, 0.6) is 23.0 Å². The molecule has 0 spiro atoms. The highest BCUT2D eigenvalue weighted by molar-refractivity contribution is 5.62. The fourth-order valence-electron chi connectivity index (χ4n) is 4.50. The summed E-state index contributed by atoms with van der Waals surface area (Å²) in [6.45, 7) is 7.05. The molecule has 0 unspecified atom stereocenters. The monoisotopic (exact) mass is 436 g/mol. The van der Waals surface area contributed by atoms with Crippen molar-refractivity contribution in [3.05, 3.63) is 65.0 Å². The van der Waals surface area contributed by atoms with Crippen LogP contribution in [0.3, 0.4) is 0 Å². The average molecular weight is 437 g/mol. The summed E-state index contributed by atoms with van der Waals surface area (Å²) in [4.78, 5) is 2.20. The predicted octanol–water partition coefficient (Wildman–Crippen LogP) is 4.08. The number of aromatic hydroxyl groups is 1. The number of ether oxygens (including phenoxy) is 3. The molecular formula is C26H32N2O4. The van der Waals surface area contributed by atoms with Gasteiger partial charge in [-0.3, -0.25) is 0 Å². The quantitative estimate of drug-likeness (QED) is 0.578. The highest BCUT2D eigenvalue weighted by Gasteiger charge is 2.28. The first-order valence-corrected chi connectivity index (χ1v) is 11.0. The first-order valence-electron chi connectivity index (χ1n) is 11.0. The van der Waals surface area contributed by atoms with E-state index in [0.29, 0.717) is 18.1 Å². The fraction of sp³-hybridized carbons (Fsp3) is 0.385. The van der Waals surface area contributed by atoms with Gasteiger partial charge in [0.15, 0.2) is 23.0 Å². The van der Waals surface area contributed by atoms with Crippen LogP contribution in [0.1, 0.15) is 34.6 Å². The van der Waals surface area contributed by atoms with E-state index in [0.717, 1.165) is 60.8 Å². The summed E-state index contributed by atoms with van der Waals surface area (Å²) in [5.41, 5.74) is 5.84. The van der Waals surface area contributed by atoms with Crippen molar-refractivity contribution < 1.29 is 19.3 Å². The molecule has 170 valence electrons. The summed E-state index contributed by atoms with van der Waals surface area (Å²) < 4.78 is 16.1. The van der Waals surface area contributed by atoms with Crippen molar-refractivity contribution in [1.82, 2.24) is 10.2 Å². The van der Waals surface area contributed by atoms with Gasteiger partial charge in [0.25, 0.3) is 0 Å². The maximum atomic E-state index is 10.1. The predicted molar refractivity (Wildman–Crippen MR) is 127 cm³/mol. The Kier molecular flexibility index (Phi) is 6.61. The molecule has 0 saturated carbocycles. The third-order valence-electron chi connectivity index (χ3n) is 6.37. The summed E-state index contributed by atoms with van der Waals surface area (Å²) in [7, 11) is 4.92. The molecule has 1 heterocycles. The second kappa shape index (κ2) is 9.57. The number of hydrogen-bond acceptors (Lipinski definition) is 6.